The molecule has 0 bridgehead atoms. The van der Waals surface area contributed by atoms with Crippen molar-refractivity contribution in [2.75, 3.05) is 18.8 Å². The van der Waals surface area contributed by atoms with Crippen LogP contribution in [0.25, 0.3) is 0 Å². The fourth-order valence-corrected chi connectivity index (χ4v) is 3.01. The Morgan fingerprint density at radius 3 is 2.44 bits per heavy atom. The minimum Gasteiger partial charge on any atom is -0.317 e. The number of hydrogen-bond donors (Lipinski definition) is 2. The van der Waals surface area contributed by atoms with Gasteiger partial charge in [0.05, 0.1) is 5.75 Å². The van der Waals surface area contributed by atoms with Crippen LogP contribution in [0.1, 0.15) is 46.5 Å². The molecule has 0 heterocycles. The average Bonchev–Trinajstić information content (AvgIpc) is 2.16. The molecule has 2 N–H and O–H groups in total. The monoisotopic (exact) mass is 250 g/mol. The van der Waals surface area contributed by atoms with Gasteiger partial charge in [0.15, 0.2) is 0 Å². The van der Waals surface area contributed by atoms with Gasteiger partial charge in [-0.15, -0.1) is 0 Å². The molecule has 98 valence electrons. The summed E-state index contributed by atoms with van der Waals surface area (Å²) in [5.41, 5.74) is 0. The van der Waals surface area contributed by atoms with Gasteiger partial charge in [0.1, 0.15) is 0 Å². The van der Waals surface area contributed by atoms with E-state index < -0.39 is 10.0 Å². The molecule has 16 heavy (non-hydrogen) atoms. The first-order valence-electron chi connectivity index (χ1n) is 6.22. The molecular weight excluding hydrogens is 224 g/mol. The first-order chi connectivity index (χ1) is 7.52. The summed E-state index contributed by atoms with van der Waals surface area (Å²) in [5, 5.41) is 3.18. The van der Waals surface area contributed by atoms with E-state index in [0.717, 1.165) is 38.8 Å². The summed E-state index contributed by atoms with van der Waals surface area (Å²) in [4.78, 5) is 0. The van der Waals surface area contributed by atoms with E-state index in [4.69, 9.17) is 0 Å². The van der Waals surface area contributed by atoms with Crippen molar-refractivity contribution in [1.29, 1.82) is 0 Å². The smallest absolute Gasteiger partial charge is 0.211 e. The Balaban J connectivity index is 3.70. The van der Waals surface area contributed by atoms with Gasteiger partial charge in [0.25, 0.3) is 0 Å². The molecule has 0 aliphatic rings. The Morgan fingerprint density at radius 2 is 1.88 bits per heavy atom. The number of unbranched alkanes of at least 4 members (excludes halogenated alkanes) is 1. The Kier molecular flexibility index (Phi) is 8.89. The molecule has 0 aromatic rings. The highest BCUT2D eigenvalue weighted by molar-refractivity contribution is 7.89. The van der Waals surface area contributed by atoms with Crippen LogP contribution in [0.15, 0.2) is 0 Å². The van der Waals surface area contributed by atoms with E-state index in [-0.39, 0.29) is 11.8 Å². The van der Waals surface area contributed by atoms with E-state index in [1.165, 1.54) is 0 Å². The molecule has 5 heteroatoms. The normalized spacial score (nSPS) is 13.9. The maximum absolute atomic E-state index is 11.6. The summed E-state index contributed by atoms with van der Waals surface area (Å²) in [6, 6.07) is 0.0590. The van der Waals surface area contributed by atoms with Gasteiger partial charge in [0, 0.05) is 6.04 Å². The average molecular weight is 250 g/mol. The zero-order valence-electron chi connectivity index (χ0n) is 10.8. The molecular formula is C11H26N2O2S. The van der Waals surface area contributed by atoms with Crippen LogP contribution >= 0.6 is 0 Å². The molecule has 1 atom stereocenters. The fraction of sp³-hybridized carbons (Fsp3) is 1.00. The van der Waals surface area contributed by atoms with Crippen LogP contribution in [0.5, 0.6) is 0 Å². The van der Waals surface area contributed by atoms with Gasteiger partial charge in [0.2, 0.25) is 10.0 Å². The van der Waals surface area contributed by atoms with Crippen LogP contribution in [-0.2, 0) is 10.0 Å². The SMILES string of the molecule is CCCC(C)NS(=O)(=O)CCCCNCC. The highest BCUT2D eigenvalue weighted by Gasteiger charge is 2.12. The van der Waals surface area contributed by atoms with Gasteiger partial charge in [-0.3, -0.25) is 0 Å². The molecule has 4 nitrogen and oxygen atoms in total. The van der Waals surface area contributed by atoms with E-state index in [0.29, 0.717) is 0 Å². The van der Waals surface area contributed by atoms with Crippen LogP contribution in [0.2, 0.25) is 0 Å². The molecule has 0 aromatic carbocycles. The van der Waals surface area contributed by atoms with Crippen LogP contribution in [0.3, 0.4) is 0 Å². The van der Waals surface area contributed by atoms with Gasteiger partial charge in [-0.1, -0.05) is 20.3 Å². The minimum absolute atomic E-state index is 0.0590. The van der Waals surface area contributed by atoms with Gasteiger partial charge >= 0.3 is 0 Å². The fourth-order valence-electron chi connectivity index (χ4n) is 1.58. The largest absolute Gasteiger partial charge is 0.317 e. The lowest BCUT2D eigenvalue weighted by atomic mass is 10.2. The van der Waals surface area contributed by atoms with E-state index in [1.807, 2.05) is 13.8 Å². The molecule has 0 aliphatic carbocycles. The zero-order valence-corrected chi connectivity index (χ0v) is 11.6. The standard InChI is InChI=1S/C11H26N2O2S/c1-4-8-11(3)13-16(14,15)10-7-6-9-12-5-2/h11-13H,4-10H2,1-3H3. The van der Waals surface area contributed by atoms with E-state index >= 15 is 0 Å². The molecule has 0 saturated carbocycles. The maximum atomic E-state index is 11.6. The quantitative estimate of drug-likeness (QED) is 0.577. The van der Waals surface area contributed by atoms with E-state index in [9.17, 15) is 8.42 Å². The number of sulfonamides is 1. The van der Waals surface area contributed by atoms with Crippen molar-refractivity contribution in [2.45, 2.75) is 52.5 Å². The Bertz CT molecular complexity index is 253. The molecule has 0 fully saturated rings. The third-order valence-electron chi connectivity index (χ3n) is 2.37. The second kappa shape index (κ2) is 8.96. The maximum Gasteiger partial charge on any atom is 0.211 e. The second-order valence-electron chi connectivity index (χ2n) is 4.19. The van der Waals surface area contributed by atoms with Crippen molar-refractivity contribution in [2.24, 2.45) is 0 Å². The molecule has 0 radical (unpaired) electrons. The molecule has 0 amide bonds. The number of hydrogen-bond acceptors (Lipinski definition) is 3. The Hall–Kier alpha value is -0.130. The number of nitrogens with one attached hydrogen (secondary N) is 2. The highest BCUT2D eigenvalue weighted by atomic mass is 32.2. The van der Waals surface area contributed by atoms with Crippen LogP contribution < -0.4 is 10.0 Å². The predicted molar refractivity (Wildman–Crippen MR) is 69.1 cm³/mol. The third-order valence-corrected chi connectivity index (χ3v) is 3.96. The molecule has 0 aliphatic heterocycles. The van der Waals surface area contributed by atoms with E-state index in [2.05, 4.69) is 17.0 Å². The Labute approximate surface area is 100 Å². The number of rotatable bonds is 10. The van der Waals surface area contributed by atoms with Crippen LogP contribution in [0, 0.1) is 0 Å². The third kappa shape index (κ3) is 9.12. The molecule has 0 saturated heterocycles. The first-order valence-corrected chi connectivity index (χ1v) is 7.87. The summed E-state index contributed by atoms with van der Waals surface area (Å²) in [7, 11) is -3.07. The lowest BCUT2D eigenvalue weighted by molar-refractivity contribution is 0.540. The highest BCUT2D eigenvalue weighted by Crippen LogP contribution is 2.00. The predicted octanol–water partition coefficient (Wildman–Crippen LogP) is 1.48. The van der Waals surface area contributed by atoms with Crippen molar-refractivity contribution < 1.29 is 8.42 Å². The Morgan fingerprint density at radius 1 is 1.19 bits per heavy atom. The van der Waals surface area contributed by atoms with Crippen molar-refractivity contribution >= 4 is 10.0 Å². The molecule has 0 spiro atoms. The molecule has 0 rings (SSSR count). The van der Waals surface area contributed by atoms with Gasteiger partial charge in [-0.2, -0.15) is 0 Å². The van der Waals surface area contributed by atoms with Gasteiger partial charge in [-0.25, -0.2) is 13.1 Å². The summed E-state index contributed by atoms with van der Waals surface area (Å²) >= 11 is 0. The summed E-state index contributed by atoms with van der Waals surface area (Å²) < 4.78 is 25.9. The second-order valence-corrected chi connectivity index (χ2v) is 6.06. The van der Waals surface area contributed by atoms with Crippen molar-refractivity contribution in [3.63, 3.8) is 0 Å². The lowest BCUT2D eigenvalue weighted by Crippen LogP contribution is -2.34. The minimum atomic E-state index is -3.07. The zero-order chi connectivity index (χ0) is 12.4. The summed E-state index contributed by atoms with van der Waals surface area (Å²) in [5.74, 6) is 0.243. The topological polar surface area (TPSA) is 58.2 Å². The van der Waals surface area contributed by atoms with Gasteiger partial charge in [-0.05, 0) is 39.3 Å². The van der Waals surface area contributed by atoms with Crippen LogP contribution in [-0.4, -0.2) is 33.3 Å². The molecule has 1 unspecified atom stereocenters. The lowest BCUT2D eigenvalue weighted by Gasteiger charge is -2.13. The van der Waals surface area contributed by atoms with Crippen molar-refractivity contribution in [3.05, 3.63) is 0 Å². The summed E-state index contributed by atoms with van der Waals surface area (Å²) in [6.45, 7) is 7.86. The molecule has 0 aromatic heterocycles. The van der Waals surface area contributed by atoms with Gasteiger partial charge < -0.3 is 5.32 Å². The van der Waals surface area contributed by atoms with Crippen molar-refractivity contribution in [1.82, 2.24) is 10.0 Å². The van der Waals surface area contributed by atoms with Crippen LogP contribution in [0.4, 0.5) is 0 Å². The van der Waals surface area contributed by atoms with Crippen molar-refractivity contribution in [3.8, 4) is 0 Å². The van der Waals surface area contributed by atoms with E-state index in [1.54, 1.807) is 0 Å². The summed E-state index contributed by atoms with van der Waals surface area (Å²) in [6.07, 6.45) is 3.54. The first kappa shape index (κ1) is 15.9.